The van der Waals surface area contributed by atoms with Gasteiger partial charge in [0.15, 0.2) is 0 Å². The summed E-state index contributed by atoms with van der Waals surface area (Å²) in [4.78, 5) is 5.23. The van der Waals surface area contributed by atoms with Crippen molar-refractivity contribution in [3.63, 3.8) is 0 Å². The lowest BCUT2D eigenvalue weighted by molar-refractivity contribution is 0.153. The minimum absolute atomic E-state index is 0.565. The third kappa shape index (κ3) is 3.43. The van der Waals surface area contributed by atoms with Crippen LogP contribution in [0.4, 0.5) is 0 Å². The highest BCUT2D eigenvalue weighted by atomic mass is 15.3. The van der Waals surface area contributed by atoms with Gasteiger partial charge in [0.1, 0.15) is 11.6 Å². The van der Waals surface area contributed by atoms with E-state index in [-0.39, 0.29) is 0 Å². The molecule has 0 amide bonds. The van der Waals surface area contributed by atoms with E-state index in [0.29, 0.717) is 12.0 Å². The molecule has 0 unspecified atom stereocenters. The summed E-state index contributed by atoms with van der Waals surface area (Å²) in [5.74, 6) is 2.91. The first-order chi connectivity index (χ1) is 13.3. The standard InChI is InChI=1S/C22H31N5/c1-25-21(16-26-10-4-5-11-26)23-24-22(25)17-8-12-27(13-9-17)20-14-18-6-2-3-7-19(18)15-20/h2-3,6-7,17,20H,4-5,8-16H2,1H3. The Morgan fingerprint density at radius 3 is 2.26 bits per heavy atom. The summed E-state index contributed by atoms with van der Waals surface area (Å²) >= 11 is 0. The van der Waals surface area contributed by atoms with Crippen LogP contribution in [0.1, 0.15) is 54.4 Å². The monoisotopic (exact) mass is 365 g/mol. The van der Waals surface area contributed by atoms with E-state index in [1.807, 2.05) is 0 Å². The van der Waals surface area contributed by atoms with Crippen molar-refractivity contribution in [1.82, 2.24) is 24.6 Å². The molecule has 2 aliphatic heterocycles. The number of likely N-dealkylation sites (tertiary alicyclic amines) is 2. The van der Waals surface area contributed by atoms with E-state index in [4.69, 9.17) is 0 Å². The van der Waals surface area contributed by atoms with Crippen molar-refractivity contribution in [2.45, 2.75) is 57.0 Å². The molecule has 5 nitrogen and oxygen atoms in total. The minimum atomic E-state index is 0.565. The van der Waals surface area contributed by atoms with Crippen LogP contribution in [0.5, 0.6) is 0 Å². The maximum atomic E-state index is 4.60. The predicted octanol–water partition coefficient (Wildman–Crippen LogP) is 2.76. The van der Waals surface area contributed by atoms with Gasteiger partial charge in [0.25, 0.3) is 0 Å². The Bertz CT molecular complexity index is 759. The molecule has 3 heterocycles. The number of aromatic nitrogens is 3. The fourth-order valence-electron chi connectivity index (χ4n) is 5.33. The molecule has 1 aliphatic carbocycles. The molecular formula is C22H31N5. The molecular weight excluding hydrogens is 334 g/mol. The largest absolute Gasteiger partial charge is 0.317 e. The third-order valence-electron chi connectivity index (χ3n) is 7.00. The number of nitrogens with zero attached hydrogens (tertiary/aromatic N) is 5. The predicted molar refractivity (Wildman–Crippen MR) is 107 cm³/mol. The van der Waals surface area contributed by atoms with E-state index < -0.39 is 0 Å². The third-order valence-corrected chi connectivity index (χ3v) is 7.00. The quantitative estimate of drug-likeness (QED) is 0.835. The van der Waals surface area contributed by atoms with Crippen molar-refractivity contribution >= 4 is 0 Å². The van der Waals surface area contributed by atoms with Gasteiger partial charge in [-0.15, -0.1) is 10.2 Å². The fourth-order valence-corrected chi connectivity index (χ4v) is 5.33. The van der Waals surface area contributed by atoms with Crippen molar-refractivity contribution in [2.24, 2.45) is 7.05 Å². The number of benzene rings is 1. The summed E-state index contributed by atoms with van der Waals surface area (Å²) in [6.45, 7) is 5.77. The summed E-state index contributed by atoms with van der Waals surface area (Å²) in [5.41, 5.74) is 3.12. The van der Waals surface area contributed by atoms with Gasteiger partial charge in [0.05, 0.1) is 6.54 Å². The van der Waals surface area contributed by atoms with Gasteiger partial charge in [0, 0.05) is 19.0 Å². The smallest absolute Gasteiger partial charge is 0.146 e. The van der Waals surface area contributed by atoms with Gasteiger partial charge in [-0.05, 0) is 75.8 Å². The van der Waals surface area contributed by atoms with Crippen molar-refractivity contribution < 1.29 is 0 Å². The van der Waals surface area contributed by atoms with E-state index in [2.05, 4.69) is 55.9 Å². The van der Waals surface area contributed by atoms with Gasteiger partial charge in [-0.3, -0.25) is 9.80 Å². The van der Waals surface area contributed by atoms with Crippen LogP contribution < -0.4 is 0 Å². The van der Waals surface area contributed by atoms with Crippen LogP contribution in [-0.4, -0.2) is 56.8 Å². The molecule has 0 atom stereocenters. The number of rotatable bonds is 4. The van der Waals surface area contributed by atoms with Gasteiger partial charge in [0.2, 0.25) is 0 Å². The maximum absolute atomic E-state index is 4.60. The summed E-state index contributed by atoms with van der Waals surface area (Å²) in [5, 5.41) is 9.14. The highest BCUT2D eigenvalue weighted by Crippen LogP contribution is 2.32. The number of fused-ring (bicyclic) bond motifs is 1. The van der Waals surface area contributed by atoms with Gasteiger partial charge >= 0.3 is 0 Å². The number of hydrogen-bond donors (Lipinski definition) is 0. The minimum Gasteiger partial charge on any atom is -0.317 e. The lowest BCUT2D eigenvalue weighted by Gasteiger charge is -2.35. The molecule has 1 aromatic carbocycles. The molecule has 2 saturated heterocycles. The molecule has 5 heteroatoms. The molecule has 144 valence electrons. The second kappa shape index (κ2) is 7.36. The van der Waals surface area contributed by atoms with Crippen molar-refractivity contribution in [1.29, 1.82) is 0 Å². The molecule has 3 aliphatic rings. The Morgan fingerprint density at radius 1 is 0.926 bits per heavy atom. The normalized spacial score (nSPS) is 22.6. The SMILES string of the molecule is Cn1c(CN2CCCC2)nnc1C1CCN(C2Cc3ccccc3C2)CC1. The van der Waals surface area contributed by atoms with E-state index >= 15 is 0 Å². The van der Waals surface area contributed by atoms with Crippen LogP contribution in [-0.2, 0) is 26.4 Å². The first kappa shape index (κ1) is 17.4. The van der Waals surface area contributed by atoms with Crippen LogP contribution in [0.25, 0.3) is 0 Å². The first-order valence-electron chi connectivity index (χ1n) is 10.7. The molecule has 0 N–H and O–H groups in total. The van der Waals surface area contributed by atoms with Crippen molar-refractivity contribution in [2.75, 3.05) is 26.2 Å². The van der Waals surface area contributed by atoms with E-state index in [1.54, 1.807) is 11.1 Å². The molecule has 27 heavy (non-hydrogen) atoms. The van der Waals surface area contributed by atoms with E-state index in [9.17, 15) is 0 Å². The van der Waals surface area contributed by atoms with Crippen LogP contribution in [0.3, 0.4) is 0 Å². The molecule has 0 bridgehead atoms. The van der Waals surface area contributed by atoms with Gasteiger partial charge in [-0.2, -0.15) is 0 Å². The maximum Gasteiger partial charge on any atom is 0.146 e. The molecule has 0 spiro atoms. The van der Waals surface area contributed by atoms with E-state index in [0.717, 1.165) is 12.4 Å². The Morgan fingerprint density at radius 2 is 1.59 bits per heavy atom. The van der Waals surface area contributed by atoms with Crippen LogP contribution in [0, 0.1) is 0 Å². The van der Waals surface area contributed by atoms with Gasteiger partial charge in [-0.25, -0.2) is 0 Å². The number of hydrogen-bond acceptors (Lipinski definition) is 4. The van der Waals surface area contributed by atoms with Crippen molar-refractivity contribution in [3.8, 4) is 0 Å². The van der Waals surface area contributed by atoms with Gasteiger partial charge in [-0.1, -0.05) is 24.3 Å². The molecule has 5 rings (SSSR count). The summed E-state index contributed by atoms with van der Waals surface area (Å²) in [7, 11) is 2.17. The fraction of sp³-hybridized carbons (Fsp3) is 0.636. The Hall–Kier alpha value is -1.72. The molecule has 2 aromatic rings. The summed E-state index contributed by atoms with van der Waals surface area (Å²) < 4.78 is 2.28. The highest BCUT2D eigenvalue weighted by Gasteiger charge is 2.31. The Labute approximate surface area is 162 Å². The van der Waals surface area contributed by atoms with Crippen LogP contribution >= 0.6 is 0 Å². The number of piperidine rings is 1. The molecule has 1 aromatic heterocycles. The second-order valence-electron chi connectivity index (χ2n) is 8.66. The van der Waals surface area contributed by atoms with Gasteiger partial charge < -0.3 is 4.57 Å². The van der Waals surface area contributed by atoms with Crippen LogP contribution in [0.2, 0.25) is 0 Å². The second-order valence-corrected chi connectivity index (χ2v) is 8.66. The highest BCUT2D eigenvalue weighted by molar-refractivity contribution is 5.33. The lowest BCUT2D eigenvalue weighted by atomic mass is 9.94. The Kier molecular flexibility index (Phi) is 4.74. The Balaban J connectivity index is 1.19. The molecule has 0 radical (unpaired) electrons. The average Bonchev–Trinajstić information content (AvgIpc) is 3.43. The molecule has 2 fully saturated rings. The first-order valence-corrected chi connectivity index (χ1v) is 10.7. The van der Waals surface area contributed by atoms with Crippen molar-refractivity contribution in [3.05, 3.63) is 47.0 Å². The molecule has 0 saturated carbocycles. The zero-order valence-corrected chi connectivity index (χ0v) is 16.5. The van der Waals surface area contributed by atoms with Crippen LogP contribution in [0.15, 0.2) is 24.3 Å². The summed E-state index contributed by atoms with van der Waals surface area (Å²) in [6, 6.07) is 9.68. The topological polar surface area (TPSA) is 37.2 Å². The van der Waals surface area contributed by atoms with E-state index in [1.165, 1.54) is 70.5 Å². The zero-order chi connectivity index (χ0) is 18.2. The average molecular weight is 366 g/mol. The summed E-state index contributed by atoms with van der Waals surface area (Å²) in [6.07, 6.45) is 7.53. The lowest BCUT2D eigenvalue weighted by Crippen LogP contribution is -2.41. The zero-order valence-electron chi connectivity index (χ0n) is 16.5.